The van der Waals surface area contributed by atoms with Gasteiger partial charge in [0.1, 0.15) is 0 Å². The lowest BCUT2D eigenvalue weighted by atomic mass is 9.57. The van der Waals surface area contributed by atoms with Crippen LogP contribution in [0.1, 0.15) is 0 Å². The van der Waals surface area contributed by atoms with E-state index in [1.807, 2.05) is 30.4 Å². The highest BCUT2D eigenvalue weighted by atomic mass is 16.5. The molecule has 2 atom stereocenters. The molecule has 0 unspecified atom stereocenters. The molecule has 0 aromatic heterocycles. The van der Waals surface area contributed by atoms with Crippen LogP contribution < -0.4 is 5.46 Å². The molecule has 1 heterocycles. The summed E-state index contributed by atoms with van der Waals surface area (Å²) in [6, 6.07) is 10.3. The quantitative estimate of drug-likeness (QED) is 0.534. The SMILES string of the molecule is C=C[C@@H]1CB(c2ccccc2)O[C@@H]1C=C. The molecule has 2 heteroatoms. The van der Waals surface area contributed by atoms with Gasteiger partial charge in [-0.25, -0.2) is 0 Å². The minimum atomic E-state index is 0.118. The van der Waals surface area contributed by atoms with Crippen LogP contribution in [0.2, 0.25) is 6.32 Å². The topological polar surface area (TPSA) is 9.23 Å². The first kappa shape index (κ1) is 10.2. The van der Waals surface area contributed by atoms with E-state index >= 15 is 0 Å². The number of hydrogen-bond acceptors (Lipinski definition) is 1. The molecule has 1 fully saturated rings. The van der Waals surface area contributed by atoms with E-state index in [4.69, 9.17) is 4.65 Å². The summed E-state index contributed by atoms with van der Waals surface area (Å²) < 4.78 is 5.91. The molecule has 2 rings (SSSR count). The zero-order valence-electron chi connectivity index (χ0n) is 8.80. The van der Waals surface area contributed by atoms with Crippen molar-refractivity contribution in [3.8, 4) is 0 Å². The molecule has 0 aliphatic carbocycles. The van der Waals surface area contributed by atoms with Crippen molar-refractivity contribution in [2.45, 2.75) is 12.4 Å². The van der Waals surface area contributed by atoms with Crippen molar-refractivity contribution in [1.82, 2.24) is 0 Å². The van der Waals surface area contributed by atoms with E-state index in [-0.39, 0.29) is 13.0 Å². The largest absolute Gasteiger partial charge is 0.424 e. The molecule has 0 radical (unpaired) electrons. The van der Waals surface area contributed by atoms with Gasteiger partial charge in [0.15, 0.2) is 0 Å². The summed E-state index contributed by atoms with van der Waals surface area (Å²) in [5.74, 6) is 0.396. The Hall–Kier alpha value is -1.28. The summed E-state index contributed by atoms with van der Waals surface area (Å²) in [6.45, 7) is 7.83. The third-order valence-corrected chi connectivity index (χ3v) is 2.94. The van der Waals surface area contributed by atoms with E-state index in [2.05, 4.69) is 25.3 Å². The Bertz CT molecular complexity index is 331. The van der Waals surface area contributed by atoms with E-state index in [1.165, 1.54) is 5.46 Å². The van der Waals surface area contributed by atoms with Gasteiger partial charge in [0.25, 0.3) is 0 Å². The molecule has 1 nitrogen and oxygen atoms in total. The lowest BCUT2D eigenvalue weighted by Crippen LogP contribution is -2.29. The molecule has 0 amide bonds. The zero-order chi connectivity index (χ0) is 10.7. The van der Waals surface area contributed by atoms with Crippen LogP contribution >= 0.6 is 0 Å². The third kappa shape index (κ3) is 2.05. The molecule has 1 aromatic rings. The van der Waals surface area contributed by atoms with Gasteiger partial charge in [-0.1, -0.05) is 42.5 Å². The highest BCUT2D eigenvalue weighted by Crippen LogP contribution is 2.26. The Morgan fingerprint density at radius 3 is 2.47 bits per heavy atom. The van der Waals surface area contributed by atoms with Gasteiger partial charge in [0.05, 0.1) is 6.10 Å². The minimum absolute atomic E-state index is 0.118. The van der Waals surface area contributed by atoms with Crippen LogP contribution in [0.15, 0.2) is 55.6 Å². The second-order valence-corrected chi connectivity index (χ2v) is 3.87. The standard InChI is InChI=1S/C13H15BO/c1-3-11-10-14(15-13(11)4-2)12-8-6-5-7-9-12/h3-9,11,13H,1-2,10H2/t11-,13-/m1/s1. The summed E-state index contributed by atoms with van der Waals surface area (Å²) in [5, 5.41) is 0. The Kier molecular flexibility index (Phi) is 3.07. The zero-order valence-corrected chi connectivity index (χ0v) is 8.80. The first-order valence-electron chi connectivity index (χ1n) is 5.30. The van der Waals surface area contributed by atoms with Crippen molar-refractivity contribution in [2.24, 2.45) is 5.92 Å². The van der Waals surface area contributed by atoms with Crippen molar-refractivity contribution in [2.75, 3.05) is 0 Å². The van der Waals surface area contributed by atoms with Crippen LogP contribution in [0.5, 0.6) is 0 Å². The average molecular weight is 198 g/mol. The molecule has 1 aliphatic rings. The van der Waals surface area contributed by atoms with E-state index in [0.717, 1.165) is 6.32 Å². The number of rotatable bonds is 3. The fourth-order valence-corrected chi connectivity index (χ4v) is 2.07. The Morgan fingerprint density at radius 1 is 1.20 bits per heavy atom. The summed E-state index contributed by atoms with van der Waals surface area (Å²) in [6.07, 6.45) is 4.96. The smallest absolute Gasteiger partial charge is 0.328 e. The van der Waals surface area contributed by atoms with Crippen molar-refractivity contribution >= 4 is 12.4 Å². The first-order valence-corrected chi connectivity index (χ1v) is 5.30. The van der Waals surface area contributed by atoms with Crippen LogP contribution in [0.3, 0.4) is 0 Å². The molecule has 1 aliphatic heterocycles. The lowest BCUT2D eigenvalue weighted by Gasteiger charge is -2.10. The predicted octanol–water partition coefficient (Wildman–Crippen LogP) is 2.27. The highest BCUT2D eigenvalue weighted by molar-refractivity contribution is 6.68. The summed E-state index contributed by atoms with van der Waals surface area (Å²) in [7, 11) is 0. The average Bonchev–Trinajstić information content (AvgIpc) is 2.73. The Morgan fingerprint density at radius 2 is 1.93 bits per heavy atom. The van der Waals surface area contributed by atoms with E-state index in [9.17, 15) is 0 Å². The van der Waals surface area contributed by atoms with Crippen LogP contribution in [-0.2, 0) is 4.65 Å². The van der Waals surface area contributed by atoms with Crippen molar-refractivity contribution in [3.05, 3.63) is 55.6 Å². The maximum Gasteiger partial charge on any atom is 0.328 e. The Balaban J connectivity index is 2.15. The van der Waals surface area contributed by atoms with Crippen LogP contribution in [-0.4, -0.2) is 13.0 Å². The number of benzene rings is 1. The predicted molar refractivity (Wildman–Crippen MR) is 65.4 cm³/mol. The molecule has 15 heavy (non-hydrogen) atoms. The normalized spacial score (nSPS) is 25.2. The van der Waals surface area contributed by atoms with Crippen molar-refractivity contribution < 1.29 is 4.65 Å². The minimum Gasteiger partial charge on any atom is -0.424 e. The maximum absolute atomic E-state index is 5.91. The lowest BCUT2D eigenvalue weighted by molar-refractivity contribution is 0.259. The monoisotopic (exact) mass is 198 g/mol. The van der Waals surface area contributed by atoms with E-state index < -0.39 is 0 Å². The molecule has 0 saturated carbocycles. The van der Waals surface area contributed by atoms with E-state index in [1.54, 1.807) is 0 Å². The van der Waals surface area contributed by atoms with Gasteiger partial charge in [-0.2, -0.15) is 0 Å². The molecular formula is C13H15BO. The van der Waals surface area contributed by atoms with Gasteiger partial charge in [-0.3, -0.25) is 0 Å². The second-order valence-electron chi connectivity index (χ2n) is 3.87. The van der Waals surface area contributed by atoms with Crippen molar-refractivity contribution in [1.29, 1.82) is 0 Å². The fourth-order valence-electron chi connectivity index (χ4n) is 2.07. The van der Waals surface area contributed by atoms with Gasteiger partial charge in [0, 0.05) is 5.92 Å². The summed E-state index contributed by atoms with van der Waals surface area (Å²) >= 11 is 0. The third-order valence-electron chi connectivity index (χ3n) is 2.94. The van der Waals surface area contributed by atoms with E-state index in [0.29, 0.717) is 5.92 Å². The Labute approximate surface area is 91.6 Å². The maximum atomic E-state index is 5.91. The molecule has 0 N–H and O–H groups in total. The van der Waals surface area contributed by atoms with Crippen LogP contribution in [0.25, 0.3) is 0 Å². The van der Waals surface area contributed by atoms with Gasteiger partial charge >= 0.3 is 6.92 Å². The summed E-state index contributed by atoms with van der Waals surface area (Å²) in [5.41, 5.74) is 1.24. The highest BCUT2D eigenvalue weighted by Gasteiger charge is 2.35. The molecule has 76 valence electrons. The van der Waals surface area contributed by atoms with Gasteiger partial charge in [-0.15, -0.1) is 13.2 Å². The van der Waals surface area contributed by atoms with Gasteiger partial charge in [-0.05, 0) is 11.8 Å². The first-order chi connectivity index (χ1) is 7.35. The van der Waals surface area contributed by atoms with Crippen molar-refractivity contribution in [3.63, 3.8) is 0 Å². The van der Waals surface area contributed by atoms with Gasteiger partial charge < -0.3 is 4.65 Å². The van der Waals surface area contributed by atoms with Gasteiger partial charge in [0.2, 0.25) is 0 Å². The van der Waals surface area contributed by atoms with Crippen LogP contribution in [0, 0.1) is 5.92 Å². The van der Waals surface area contributed by atoms with Crippen LogP contribution in [0.4, 0.5) is 0 Å². The fraction of sp³-hybridized carbons (Fsp3) is 0.231. The second kappa shape index (κ2) is 4.50. The molecule has 1 aromatic carbocycles. The number of hydrogen-bond donors (Lipinski definition) is 0. The molecule has 1 saturated heterocycles. The molecule has 0 spiro atoms. The summed E-state index contributed by atoms with van der Waals surface area (Å²) in [4.78, 5) is 0. The molecular weight excluding hydrogens is 183 g/mol. The molecule has 0 bridgehead atoms.